The lowest BCUT2D eigenvalue weighted by Gasteiger charge is -2.50. The van der Waals surface area contributed by atoms with Crippen LogP contribution in [-0.2, 0) is 38.1 Å². The van der Waals surface area contributed by atoms with Crippen LogP contribution in [0.5, 0.6) is 0 Å². The van der Waals surface area contributed by atoms with E-state index in [0.717, 1.165) is 18.4 Å². The van der Waals surface area contributed by atoms with Gasteiger partial charge in [0.05, 0.1) is 18.8 Å². The summed E-state index contributed by atoms with van der Waals surface area (Å²) in [6, 6.07) is 9.00. The van der Waals surface area contributed by atoms with Gasteiger partial charge >= 0.3 is 11.9 Å². The Labute approximate surface area is 306 Å². The van der Waals surface area contributed by atoms with E-state index < -0.39 is 53.7 Å². The number of nitrogens with zero attached hydrogens (tertiary/aromatic N) is 1. The maximum Gasteiger partial charge on any atom is 0.361 e. The van der Waals surface area contributed by atoms with E-state index in [1.54, 1.807) is 37.3 Å². The van der Waals surface area contributed by atoms with Crippen LogP contribution in [0, 0.1) is 17.8 Å². The van der Waals surface area contributed by atoms with Gasteiger partial charge in [0.1, 0.15) is 43.0 Å². The second-order valence-corrected chi connectivity index (χ2v) is 15.1. The minimum atomic E-state index is -1.84. The fourth-order valence-corrected chi connectivity index (χ4v) is 8.43. The number of carbonyl (C=O) groups excluding carboxylic acids is 2. The van der Waals surface area contributed by atoms with Crippen LogP contribution < -0.4 is 0 Å². The molecule has 4 aliphatic heterocycles. The van der Waals surface area contributed by atoms with Crippen molar-refractivity contribution < 1.29 is 48.3 Å². The summed E-state index contributed by atoms with van der Waals surface area (Å²) >= 11 is 0. The number of esters is 2. The highest BCUT2D eigenvalue weighted by Crippen LogP contribution is 2.47. The number of benzene rings is 1. The summed E-state index contributed by atoms with van der Waals surface area (Å²) in [7, 11) is 1.38. The Kier molecular flexibility index (Phi) is 11.6. The lowest BCUT2D eigenvalue weighted by Crippen LogP contribution is -2.58. The van der Waals surface area contributed by atoms with Crippen LogP contribution >= 0.6 is 0 Å². The normalized spacial score (nSPS) is 41.0. The monoisotopic (exact) mass is 719 g/mol. The molecule has 0 saturated carbocycles. The molecule has 5 aliphatic rings. The van der Waals surface area contributed by atoms with Gasteiger partial charge in [-0.1, -0.05) is 86.6 Å². The van der Waals surface area contributed by atoms with E-state index in [-0.39, 0.29) is 30.4 Å². The third-order valence-corrected chi connectivity index (χ3v) is 11.4. The number of aliphatic hydroxyl groups excluding tert-OH is 1. The molecular formula is C41H53NO10. The number of ether oxygens (including phenoxy) is 5. The number of hydrogen-bond acceptors (Lipinski definition) is 11. The zero-order valence-electron chi connectivity index (χ0n) is 31.0. The van der Waals surface area contributed by atoms with E-state index in [4.69, 9.17) is 28.5 Å². The van der Waals surface area contributed by atoms with Crippen molar-refractivity contribution in [2.75, 3.05) is 13.7 Å². The van der Waals surface area contributed by atoms with Crippen molar-refractivity contribution in [3.63, 3.8) is 0 Å². The lowest BCUT2D eigenvalue weighted by molar-refractivity contribution is -0.335. The van der Waals surface area contributed by atoms with Gasteiger partial charge in [0.15, 0.2) is 11.5 Å². The first-order valence-electron chi connectivity index (χ1n) is 18.6. The van der Waals surface area contributed by atoms with Crippen molar-refractivity contribution in [3.05, 3.63) is 83.0 Å². The Morgan fingerprint density at radius 2 is 1.87 bits per heavy atom. The quantitative estimate of drug-likeness (QED) is 0.174. The summed E-state index contributed by atoms with van der Waals surface area (Å²) in [5.74, 6) is -3.24. The number of hydrogen-bond donors (Lipinski definition) is 2. The highest BCUT2D eigenvalue weighted by atomic mass is 16.7. The number of rotatable bonds is 5. The summed E-state index contributed by atoms with van der Waals surface area (Å²) in [5, 5.41) is 27.4. The molecule has 1 aromatic rings. The largest absolute Gasteiger partial charge is 0.462 e. The first-order valence-corrected chi connectivity index (χ1v) is 18.6. The van der Waals surface area contributed by atoms with Crippen molar-refractivity contribution >= 4 is 17.7 Å². The van der Waals surface area contributed by atoms with Crippen molar-refractivity contribution in [1.82, 2.24) is 0 Å². The summed E-state index contributed by atoms with van der Waals surface area (Å²) in [5.41, 5.74) is 0.535. The second kappa shape index (κ2) is 15.8. The standard InChI is InChI=1S/C41H53NO10/c1-7-33-24(2)18-19-40(52-33)22-31-21-30(51-40)17-16-26(4)36(50-39(45)34(42-47-6)28-13-9-8-10-14-28)25(3)12-11-15-29-23-48-37-35(43)27(5)20-32(38(44)49-31)41(29,37)46/h8-16,20,24-25,30-33,35-37,43,46H,7,17-19,21-23H2,1-6H3/b12-11+,26-16+,29-15-,42-34-/t24-,25-,30+,31-,32-,33+,35+,36+,37+,40+,41+/m0/s1. The molecule has 0 radical (unpaired) electrons. The topological polar surface area (TPSA) is 142 Å². The molecule has 0 aromatic heterocycles. The molecule has 0 amide bonds. The summed E-state index contributed by atoms with van der Waals surface area (Å²) in [6.45, 7) is 9.88. The number of carbonyl (C=O) groups is 2. The average molecular weight is 720 g/mol. The molecule has 4 heterocycles. The number of oxime groups is 1. The van der Waals surface area contributed by atoms with Gasteiger partial charge in [-0.2, -0.15) is 0 Å². The van der Waals surface area contributed by atoms with E-state index in [1.165, 1.54) is 7.11 Å². The van der Waals surface area contributed by atoms with Crippen LogP contribution in [0.3, 0.4) is 0 Å². The molecule has 0 unspecified atom stereocenters. The second-order valence-electron chi connectivity index (χ2n) is 15.1. The highest BCUT2D eigenvalue weighted by Gasteiger charge is 2.60. The molecule has 2 N–H and O–H groups in total. The number of aliphatic hydroxyl groups is 2. The minimum absolute atomic E-state index is 0.00166. The van der Waals surface area contributed by atoms with Crippen LogP contribution in [-0.4, -0.2) is 89.6 Å². The molecule has 11 atom stereocenters. The van der Waals surface area contributed by atoms with Gasteiger partial charge in [-0.05, 0) is 55.7 Å². The third-order valence-electron chi connectivity index (χ3n) is 11.4. The molecule has 11 heteroatoms. The highest BCUT2D eigenvalue weighted by molar-refractivity contribution is 6.43. The van der Waals surface area contributed by atoms with Crippen LogP contribution in [0.2, 0.25) is 0 Å². The van der Waals surface area contributed by atoms with Gasteiger partial charge in [-0.3, -0.25) is 4.79 Å². The summed E-state index contributed by atoms with van der Waals surface area (Å²) in [6.07, 6.45) is 8.81. The van der Waals surface area contributed by atoms with E-state index in [9.17, 15) is 19.8 Å². The Balaban J connectivity index is 1.39. The van der Waals surface area contributed by atoms with Crippen LogP contribution in [0.1, 0.15) is 78.7 Å². The summed E-state index contributed by atoms with van der Waals surface area (Å²) in [4.78, 5) is 32.9. The maximum atomic E-state index is 14.1. The molecule has 3 fully saturated rings. The van der Waals surface area contributed by atoms with Crippen LogP contribution in [0.4, 0.5) is 0 Å². The van der Waals surface area contributed by atoms with Gasteiger partial charge in [-0.15, -0.1) is 0 Å². The van der Waals surface area contributed by atoms with Crippen molar-refractivity contribution in [2.24, 2.45) is 22.9 Å². The molecule has 2 bridgehead atoms. The molecule has 1 aliphatic carbocycles. The van der Waals surface area contributed by atoms with E-state index in [0.29, 0.717) is 48.3 Å². The molecular weight excluding hydrogens is 666 g/mol. The molecule has 1 spiro atoms. The van der Waals surface area contributed by atoms with Crippen molar-refractivity contribution in [1.29, 1.82) is 0 Å². The van der Waals surface area contributed by atoms with Crippen LogP contribution in [0.15, 0.2) is 82.6 Å². The van der Waals surface area contributed by atoms with Gasteiger partial charge in [0, 0.05) is 30.7 Å². The van der Waals surface area contributed by atoms with E-state index in [2.05, 4.69) is 19.0 Å². The first-order chi connectivity index (χ1) is 24.9. The molecule has 282 valence electrons. The molecule has 52 heavy (non-hydrogen) atoms. The van der Waals surface area contributed by atoms with Gasteiger partial charge in [-0.25, -0.2) is 4.79 Å². The molecule has 1 aromatic carbocycles. The first kappa shape index (κ1) is 38.1. The number of fused-ring (bicyclic) bond motifs is 2. The van der Waals surface area contributed by atoms with Gasteiger partial charge in [0.2, 0.25) is 0 Å². The fraction of sp³-hybridized carbons (Fsp3) is 0.585. The predicted octanol–water partition coefficient (Wildman–Crippen LogP) is 5.50. The Morgan fingerprint density at radius 3 is 2.60 bits per heavy atom. The maximum absolute atomic E-state index is 14.1. The SMILES string of the molecule is CC[C@H]1O[C@]2(CC[C@@H]1C)C[C@@H]1C[C@@H](C/C=C(\C)[C@H](OC(=O)/C(=N\OC)c3ccccc3)[C@@H](C)/C=C/C=C3/CO[C@@H]4[C@H](O)C(C)=C[C@@H](C(=O)O1)[C@]34O)O2. The predicted molar refractivity (Wildman–Crippen MR) is 193 cm³/mol. The molecule has 6 rings (SSSR count). The Morgan fingerprint density at radius 1 is 1.10 bits per heavy atom. The Hall–Kier alpha value is -3.61. The molecule has 3 saturated heterocycles. The van der Waals surface area contributed by atoms with E-state index in [1.807, 2.05) is 44.2 Å². The zero-order chi connectivity index (χ0) is 37.2. The van der Waals surface area contributed by atoms with Gasteiger partial charge in [0.25, 0.3) is 0 Å². The van der Waals surface area contributed by atoms with Crippen molar-refractivity contribution in [3.8, 4) is 0 Å². The Bertz CT molecular complexity index is 1630. The third kappa shape index (κ3) is 7.57. The number of allylic oxidation sites excluding steroid dienone is 2. The molecule has 11 nitrogen and oxygen atoms in total. The van der Waals surface area contributed by atoms with Gasteiger partial charge < -0.3 is 38.7 Å². The average Bonchev–Trinajstić information content (AvgIpc) is 3.47. The van der Waals surface area contributed by atoms with Crippen LogP contribution in [0.25, 0.3) is 0 Å². The summed E-state index contributed by atoms with van der Waals surface area (Å²) < 4.78 is 32.0. The fourth-order valence-electron chi connectivity index (χ4n) is 8.43. The lowest BCUT2D eigenvalue weighted by atomic mass is 9.71. The smallest absolute Gasteiger partial charge is 0.361 e. The zero-order valence-corrected chi connectivity index (χ0v) is 31.0. The minimum Gasteiger partial charge on any atom is -0.462 e. The van der Waals surface area contributed by atoms with E-state index >= 15 is 0 Å². The van der Waals surface area contributed by atoms with Crippen molar-refractivity contribution in [2.45, 2.75) is 121 Å².